The van der Waals surface area contributed by atoms with Gasteiger partial charge in [0, 0.05) is 35.5 Å². The molecule has 0 bridgehead atoms. The summed E-state index contributed by atoms with van der Waals surface area (Å²) in [7, 11) is -0.0201. The molecule has 52 heavy (non-hydrogen) atoms. The van der Waals surface area contributed by atoms with Crippen LogP contribution in [-0.4, -0.2) is 72.5 Å². The van der Waals surface area contributed by atoms with Crippen LogP contribution in [0.15, 0.2) is 89.9 Å². The number of amides is 2. The lowest BCUT2D eigenvalue weighted by molar-refractivity contribution is -0.151. The first kappa shape index (κ1) is 35.6. The number of hydrogen-bond acceptors (Lipinski definition) is 8. The first-order valence-corrected chi connectivity index (χ1v) is 20.7. The molecule has 3 aliphatic rings. The number of hydrogen-bond donors (Lipinski definition) is 2. The number of aliphatic hydroxyl groups is 1. The van der Waals surface area contributed by atoms with E-state index in [9.17, 15) is 24.3 Å². The quantitative estimate of drug-likeness (QED) is 0.241. The predicted molar refractivity (Wildman–Crippen MR) is 198 cm³/mol. The van der Waals surface area contributed by atoms with Gasteiger partial charge >= 0.3 is 0 Å². The van der Waals surface area contributed by atoms with E-state index >= 15 is 0 Å². The lowest BCUT2D eigenvalue weighted by Gasteiger charge is -2.37. The fourth-order valence-corrected chi connectivity index (χ4v) is 11.2. The fraction of sp³-hybridized carbons (Fsp3) is 0.375. The third kappa shape index (κ3) is 5.93. The first-order valence-electron chi connectivity index (χ1n) is 17.6. The average Bonchev–Trinajstić information content (AvgIpc) is 3.56. The molecule has 2 amide bonds. The number of carbonyl (C=O) groups excluding carboxylic acids is 2. The molecule has 12 heteroatoms. The zero-order valence-corrected chi connectivity index (χ0v) is 31.1. The number of methoxy groups -OCH3 is 2. The number of carbonyl (C=O) groups is 2. The van der Waals surface area contributed by atoms with E-state index in [1.807, 2.05) is 86.7 Å². The van der Waals surface area contributed by atoms with Crippen molar-refractivity contribution in [3.05, 3.63) is 118 Å². The van der Waals surface area contributed by atoms with E-state index in [1.165, 1.54) is 11.7 Å². The van der Waals surface area contributed by atoms with E-state index in [4.69, 9.17) is 14.2 Å². The van der Waals surface area contributed by atoms with Gasteiger partial charge in [-0.25, -0.2) is 0 Å². The van der Waals surface area contributed by atoms with E-state index < -0.39 is 31.5 Å². The van der Waals surface area contributed by atoms with Crippen molar-refractivity contribution in [2.75, 3.05) is 25.7 Å². The van der Waals surface area contributed by atoms with Crippen molar-refractivity contribution in [2.24, 2.45) is 5.92 Å². The molecule has 2 N–H and O–H groups in total. The van der Waals surface area contributed by atoms with Gasteiger partial charge < -0.3 is 33.9 Å². The Morgan fingerprint density at radius 1 is 0.981 bits per heavy atom. The van der Waals surface area contributed by atoms with E-state index in [-0.39, 0.29) is 48.7 Å². The molecule has 0 saturated carbocycles. The molecule has 7 rings (SSSR count). The molecule has 0 unspecified atom stereocenters. The molecule has 1 aromatic heterocycles. The normalized spacial score (nSPS) is 23.9. The number of ether oxygens (including phenoxy) is 3. The standard InChI is InChI=1S/C40H45N3O8Si/c1-25-37(52(4,5)48)35(21-36(45)42-23-28-10-7-6-9-27(28)19-30(42)24-44)51-40(25)32-20-31(49-2)16-17-33(32)43(39(40)47)22-26-12-14-29(15-13-26)41-18-8-11-34(50-3)38(41)46/h6-18,20,25,30,35,37,44,48H,19,21-24H2,1-5H3/t25-,30+,35+,37-,40+/m1/s1. The summed E-state index contributed by atoms with van der Waals surface area (Å²) < 4.78 is 19.3. The number of benzene rings is 3. The van der Waals surface area contributed by atoms with Gasteiger partial charge in [0.05, 0.1) is 51.6 Å². The summed E-state index contributed by atoms with van der Waals surface area (Å²) >= 11 is 0. The highest BCUT2D eigenvalue weighted by Gasteiger charge is 2.66. The van der Waals surface area contributed by atoms with Gasteiger partial charge in [0.25, 0.3) is 11.5 Å². The molecule has 1 fully saturated rings. The molecule has 4 aromatic rings. The molecular weight excluding hydrogens is 679 g/mol. The fourth-order valence-electron chi connectivity index (χ4n) is 8.65. The third-order valence-corrected chi connectivity index (χ3v) is 13.6. The van der Waals surface area contributed by atoms with Gasteiger partial charge in [-0.15, -0.1) is 0 Å². The molecule has 5 atom stereocenters. The zero-order valence-electron chi connectivity index (χ0n) is 30.1. The van der Waals surface area contributed by atoms with Gasteiger partial charge in [0.1, 0.15) is 5.75 Å². The van der Waals surface area contributed by atoms with Crippen LogP contribution in [0.3, 0.4) is 0 Å². The minimum absolute atomic E-state index is 0.0376. The summed E-state index contributed by atoms with van der Waals surface area (Å²) in [6.07, 6.45) is 1.44. The van der Waals surface area contributed by atoms with Gasteiger partial charge in [0.2, 0.25) is 5.91 Å². The summed E-state index contributed by atoms with van der Waals surface area (Å²) in [6.45, 7) is 6.03. The molecule has 1 spiro atoms. The van der Waals surface area contributed by atoms with Crippen molar-refractivity contribution in [2.45, 2.75) is 69.2 Å². The van der Waals surface area contributed by atoms with Gasteiger partial charge in [-0.2, -0.15) is 0 Å². The van der Waals surface area contributed by atoms with Crippen LogP contribution >= 0.6 is 0 Å². The average molecular weight is 724 g/mol. The topological polar surface area (TPSA) is 131 Å². The second-order valence-electron chi connectivity index (χ2n) is 14.6. The summed E-state index contributed by atoms with van der Waals surface area (Å²) in [6, 6.07) is 23.8. The van der Waals surface area contributed by atoms with E-state index in [2.05, 4.69) is 0 Å². The minimum Gasteiger partial charge on any atom is -0.497 e. The molecule has 0 radical (unpaired) electrons. The maximum atomic E-state index is 15.0. The van der Waals surface area contributed by atoms with Crippen molar-refractivity contribution in [3.8, 4) is 17.2 Å². The third-order valence-electron chi connectivity index (χ3n) is 11.1. The van der Waals surface area contributed by atoms with Crippen molar-refractivity contribution in [3.63, 3.8) is 0 Å². The molecule has 11 nitrogen and oxygen atoms in total. The highest BCUT2D eigenvalue weighted by molar-refractivity contribution is 6.71. The van der Waals surface area contributed by atoms with Crippen LogP contribution in [0.4, 0.5) is 5.69 Å². The molecule has 272 valence electrons. The summed E-state index contributed by atoms with van der Waals surface area (Å²) in [5.41, 5.74) is 2.75. The molecule has 3 aromatic carbocycles. The van der Waals surface area contributed by atoms with Crippen LogP contribution < -0.4 is 19.9 Å². The van der Waals surface area contributed by atoms with Crippen molar-refractivity contribution >= 4 is 25.8 Å². The Balaban J connectivity index is 1.21. The largest absolute Gasteiger partial charge is 0.497 e. The monoisotopic (exact) mass is 723 g/mol. The van der Waals surface area contributed by atoms with Crippen LogP contribution in [-0.2, 0) is 39.4 Å². The van der Waals surface area contributed by atoms with E-state index in [1.54, 1.807) is 35.2 Å². The Bertz CT molecular complexity index is 2060. The molecular formula is C40H45N3O8Si. The maximum Gasteiger partial charge on any atom is 0.297 e. The number of rotatable bonds is 9. The lowest BCUT2D eigenvalue weighted by atomic mass is 9.82. The van der Waals surface area contributed by atoms with Crippen LogP contribution in [0, 0.1) is 5.92 Å². The lowest BCUT2D eigenvalue weighted by Crippen LogP contribution is -2.48. The second-order valence-corrected chi connectivity index (χ2v) is 18.6. The van der Waals surface area contributed by atoms with Crippen LogP contribution in [0.5, 0.6) is 11.5 Å². The smallest absolute Gasteiger partial charge is 0.297 e. The van der Waals surface area contributed by atoms with Crippen molar-refractivity contribution < 1.29 is 33.7 Å². The SMILES string of the molecule is COc1ccc2c(c1)[C@]1(O[C@@H](CC(=O)N3Cc4ccccc4C[C@H]3CO)[C@H]([Si](C)(C)O)[C@H]1C)C(=O)N2Cc1ccc(-n2cccc(OC)c2=O)cc1. The van der Waals surface area contributed by atoms with Crippen LogP contribution in [0.25, 0.3) is 5.69 Å². The maximum absolute atomic E-state index is 15.0. The number of aliphatic hydroxyl groups excluding tert-OH is 1. The summed E-state index contributed by atoms with van der Waals surface area (Å²) in [5, 5.41) is 10.3. The molecule has 0 aliphatic carbocycles. The van der Waals surface area contributed by atoms with E-state index in [0.29, 0.717) is 35.7 Å². The van der Waals surface area contributed by atoms with Crippen molar-refractivity contribution in [1.29, 1.82) is 0 Å². The Morgan fingerprint density at radius 3 is 2.38 bits per heavy atom. The zero-order chi connectivity index (χ0) is 36.9. The first-order chi connectivity index (χ1) is 24.9. The Labute approximate surface area is 304 Å². The Hall–Kier alpha value is -4.75. The van der Waals surface area contributed by atoms with Gasteiger partial charge in [-0.05, 0) is 78.7 Å². The minimum atomic E-state index is -3.05. The number of anilines is 1. The summed E-state index contributed by atoms with van der Waals surface area (Å²) in [5.74, 6) is -0.132. The Kier molecular flexibility index (Phi) is 9.36. The molecule has 4 heterocycles. The van der Waals surface area contributed by atoms with Gasteiger partial charge in [-0.3, -0.25) is 19.0 Å². The predicted octanol–water partition coefficient (Wildman–Crippen LogP) is 4.54. The highest BCUT2D eigenvalue weighted by atomic mass is 28.4. The van der Waals surface area contributed by atoms with Crippen molar-refractivity contribution in [1.82, 2.24) is 9.47 Å². The van der Waals surface area contributed by atoms with Gasteiger partial charge in [-0.1, -0.05) is 43.3 Å². The number of fused-ring (bicyclic) bond motifs is 3. The second kappa shape index (κ2) is 13.7. The molecule has 3 aliphatic heterocycles. The van der Waals surface area contributed by atoms with E-state index in [0.717, 1.165) is 16.7 Å². The molecule has 1 saturated heterocycles. The van der Waals surface area contributed by atoms with Crippen LogP contribution in [0.2, 0.25) is 18.6 Å². The number of aromatic nitrogens is 1. The van der Waals surface area contributed by atoms with Gasteiger partial charge in [0.15, 0.2) is 19.7 Å². The highest BCUT2D eigenvalue weighted by Crippen LogP contribution is 2.60. The van der Waals surface area contributed by atoms with Crippen LogP contribution in [0.1, 0.15) is 35.6 Å². The Morgan fingerprint density at radius 2 is 1.71 bits per heavy atom. The summed E-state index contributed by atoms with van der Waals surface area (Å²) in [4.78, 5) is 57.1. The number of pyridine rings is 1. The number of nitrogens with zero attached hydrogens (tertiary/aromatic N) is 3.